The number of ketones is 1. The SMILES string of the molecule is O=C1CCN(c2cccnc2[N+](=O)[O-])C[C@H]1F. The molecule has 1 aromatic rings. The first-order chi connectivity index (χ1) is 8.09. The third kappa shape index (κ3) is 2.22. The molecule has 1 aromatic heterocycles. The molecule has 6 nitrogen and oxygen atoms in total. The number of halogens is 1. The van der Waals surface area contributed by atoms with Crippen molar-refractivity contribution < 1.29 is 14.1 Å². The van der Waals surface area contributed by atoms with Crippen LogP contribution in [-0.4, -0.2) is 35.0 Å². The number of piperidine rings is 1. The van der Waals surface area contributed by atoms with Crippen molar-refractivity contribution in [1.82, 2.24) is 4.98 Å². The lowest BCUT2D eigenvalue weighted by molar-refractivity contribution is -0.388. The van der Waals surface area contributed by atoms with Crippen LogP contribution in [0.4, 0.5) is 15.9 Å². The van der Waals surface area contributed by atoms with Crippen molar-refractivity contribution in [3.63, 3.8) is 0 Å². The fraction of sp³-hybridized carbons (Fsp3) is 0.400. The molecule has 0 spiro atoms. The molecule has 17 heavy (non-hydrogen) atoms. The van der Waals surface area contributed by atoms with Gasteiger partial charge in [-0.2, -0.15) is 0 Å². The number of aromatic nitrogens is 1. The standard InChI is InChI=1S/C10H10FN3O3/c11-7-6-13(5-3-9(7)15)8-2-1-4-12-10(8)14(16)17/h1-2,4,7H,3,5-6H2/t7-/m1/s1. The molecule has 0 aliphatic carbocycles. The van der Waals surface area contributed by atoms with Crippen LogP contribution < -0.4 is 4.90 Å². The zero-order valence-corrected chi connectivity index (χ0v) is 8.88. The van der Waals surface area contributed by atoms with E-state index < -0.39 is 16.9 Å². The summed E-state index contributed by atoms with van der Waals surface area (Å²) < 4.78 is 13.3. The van der Waals surface area contributed by atoms with Gasteiger partial charge in [0.2, 0.25) is 0 Å². The van der Waals surface area contributed by atoms with Crippen LogP contribution in [0.5, 0.6) is 0 Å². The summed E-state index contributed by atoms with van der Waals surface area (Å²) in [5.41, 5.74) is 0.257. The molecule has 0 unspecified atom stereocenters. The van der Waals surface area contributed by atoms with E-state index >= 15 is 0 Å². The monoisotopic (exact) mass is 239 g/mol. The Labute approximate surface area is 96.2 Å². The average Bonchev–Trinajstić information content (AvgIpc) is 2.32. The van der Waals surface area contributed by atoms with Crippen molar-refractivity contribution in [3.05, 3.63) is 28.4 Å². The van der Waals surface area contributed by atoms with Crippen LogP contribution >= 0.6 is 0 Å². The fourth-order valence-electron chi connectivity index (χ4n) is 1.78. The van der Waals surface area contributed by atoms with Gasteiger partial charge in [-0.05, 0) is 22.0 Å². The number of rotatable bonds is 2. The van der Waals surface area contributed by atoms with Crippen molar-refractivity contribution in [3.8, 4) is 0 Å². The summed E-state index contributed by atoms with van der Waals surface area (Å²) in [6, 6.07) is 3.06. The van der Waals surface area contributed by atoms with Crippen LogP contribution in [0.15, 0.2) is 18.3 Å². The van der Waals surface area contributed by atoms with Gasteiger partial charge in [-0.25, -0.2) is 4.39 Å². The number of alkyl halides is 1. The second-order valence-corrected chi connectivity index (χ2v) is 3.73. The summed E-state index contributed by atoms with van der Waals surface area (Å²) in [7, 11) is 0. The van der Waals surface area contributed by atoms with E-state index in [0.29, 0.717) is 0 Å². The molecule has 0 N–H and O–H groups in total. The Hall–Kier alpha value is -2.05. The van der Waals surface area contributed by atoms with Gasteiger partial charge in [-0.1, -0.05) is 0 Å². The first-order valence-electron chi connectivity index (χ1n) is 5.10. The highest BCUT2D eigenvalue weighted by Crippen LogP contribution is 2.27. The molecule has 7 heteroatoms. The highest BCUT2D eigenvalue weighted by molar-refractivity contribution is 5.85. The summed E-state index contributed by atoms with van der Waals surface area (Å²) in [6.45, 7) is 0.136. The maximum atomic E-state index is 13.3. The smallest absolute Gasteiger partial charge is 0.361 e. The van der Waals surface area contributed by atoms with Gasteiger partial charge >= 0.3 is 5.82 Å². The Balaban J connectivity index is 2.28. The van der Waals surface area contributed by atoms with Crippen LogP contribution in [0, 0.1) is 10.1 Å². The Kier molecular flexibility index (Phi) is 2.99. The van der Waals surface area contributed by atoms with Crippen molar-refractivity contribution in [2.75, 3.05) is 18.0 Å². The van der Waals surface area contributed by atoms with E-state index in [0.717, 1.165) is 0 Å². The Morgan fingerprint density at radius 3 is 3.00 bits per heavy atom. The van der Waals surface area contributed by atoms with Crippen LogP contribution in [-0.2, 0) is 4.79 Å². The van der Waals surface area contributed by atoms with Crippen LogP contribution in [0.1, 0.15) is 6.42 Å². The normalized spacial score (nSPS) is 20.4. The minimum Gasteiger partial charge on any atom is -0.361 e. The second kappa shape index (κ2) is 4.44. The number of nitro groups is 1. The number of carbonyl (C=O) groups is 1. The topological polar surface area (TPSA) is 76.3 Å². The zero-order valence-electron chi connectivity index (χ0n) is 8.88. The molecule has 1 saturated heterocycles. The highest BCUT2D eigenvalue weighted by Gasteiger charge is 2.30. The molecule has 90 valence electrons. The van der Waals surface area contributed by atoms with Crippen molar-refractivity contribution in [1.29, 1.82) is 0 Å². The Morgan fingerprint density at radius 2 is 2.35 bits per heavy atom. The maximum absolute atomic E-state index is 13.3. The predicted octanol–water partition coefficient (Wildman–Crippen LogP) is 1.11. The number of carbonyl (C=O) groups excluding carboxylic acids is 1. The first kappa shape index (κ1) is 11.4. The molecule has 0 aromatic carbocycles. The largest absolute Gasteiger partial charge is 0.387 e. The van der Waals surface area contributed by atoms with Gasteiger partial charge < -0.3 is 15.0 Å². The number of nitrogens with zero attached hydrogens (tertiary/aromatic N) is 3. The number of hydrogen-bond donors (Lipinski definition) is 0. The van der Waals surface area contributed by atoms with E-state index in [4.69, 9.17) is 0 Å². The highest BCUT2D eigenvalue weighted by atomic mass is 19.1. The number of Topliss-reactive ketones (excluding diaryl/α,β-unsaturated/α-hetero) is 1. The fourth-order valence-corrected chi connectivity index (χ4v) is 1.78. The Morgan fingerprint density at radius 1 is 1.59 bits per heavy atom. The maximum Gasteiger partial charge on any atom is 0.387 e. The van der Waals surface area contributed by atoms with Crippen LogP contribution in [0.2, 0.25) is 0 Å². The van der Waals surface area contributed by atoms with Gasteiger partial charge in [-0.15, -0.1) is 0 Å². The molecule has 0 radical (unpaired) electrons. The van der Waals surface area contributed by atoms with E-state index in [1.807, 2.05) is 0 Å². The molecule has 0 amide bonds. The summed E-state index contributed by atoms with van der Waals surface area (Å²) >= 11 is 0. The van der Waals surface area contributed by atoms with Gasteiger partial charge in [0.15, 0.2) is 12.0 Å². The van der Waals surface area contributed by atoms with Crippen molar-refractivity contribution in [2.45, 2.75) is 12.6 Å². The van der Waals surface area contributed by atoms with Gasteiger partial charge in [0, 0.05) is 13.0 Å². The molecule has 2 heterocycles. The molecule has 1 atom stereocenters. The third-order valence-electron chi connectivity index (χ3n) is 2.64. The molecule has 1 aliphatic heterocycles. The van der Waals surface area contributed by atoms with Crippen LogP contribution in [0.3, 0.4) is 0 Å². The lowest BCUT2D eigenvalue weighted by Crippen LogP contribution is -2.42. The number of anilines is 1. The Bertz CT molecular complexity index is 466. The first-order valence-corrected chi connectivity index (χ1v) is 5.10. The average molecular weight is 239 g/mol. The molecule has 0 saturated carbocycles. The quantitative estimate of drug-likeness (QED) is 0.570. The third-order valence-corrected chi connectivity index (χ3v) is 2.64. The lowest BCUT2D eigenvalue weighted by atomic mass is 10.1. The summed E-state index contributed by atoms with van der Waals surface area (Å²) in [5, 5.41) is 10.8. The lowest BCUT2D eigenvalue weighted by Gasteiger charge is -2.29. The number of pyridine rings is 1. The molecular weight excluding hydrogens is 229 g/mol. The van der Waals surface area contributed by atoms with Gasteiger partial charge in [0.05, 0.1) is 6.54 Å². The molecule has 2 rings (SSSR count). The van der Waals surface area contributed by atoms with Gasteiger partial charge in [0.25, 0.3) is 0 Å². The molecule has 1 fully saturated rings. The second-order valence-electron chi connectivity index (χ2n) is 3.73. The van der Waals surface area contributed by atoms with Crippen molar-refractivity contribution >= 4 is 17.3 Å². The molecule has 1 aliphatic rings. The summed E-state index contributed by atoms with van der Waals surface area (Å²) in [4.78, 5) is 26.3. The van der Waals surface area contributed by atoms with E-state index in [9.17, 15) is 19.3 Å². The minimum atomic E-state index is -1.58. The minimum absolute atomic E-state index is 0.0627. The predicted molar refractivity (Wildman–Crippen MR) is 57.6 cm³/mol. The number of hydrogen-bond acceptors (Lipinski definition) is 5. The summed E-state index contributed by atoms with van der Waals surface area (Å²) in [5.74, 6) is -0.762. The van der Waals surface area contributed by atoms with E-state index in [-0.39, 0.29) is 31.0 Å². The zero-order chi connectivity index (χ0) is 12.4. The summed E-state index contributed by atoms with van der Waals surface area (Å²) in [6.07, 6.45) is -0.208. The van der Waals surface area contributed by atoms with Gasteiger partial charge in [0.1, 0.15) is 11.9 Å². The molecular formula is C10H10FN3O3. The van der Waals surface area contributed by atoms with E-state index in [2.05, 4.69) is 4.98 Å². The molecule has 0 bridgehead atoms. The van der Waals surface area contributed by atoms with E-state index in [1.54, 1.807) is 6.07 Å². The van der Waals surface area contributed by atoms with Gasteiger partial charge in [-0.3, -0.25) is 4.79 Å². The van der Waals surface area contributed by atoms with Crippen LogP contribution in [0.25, 0.3) is 0 Å². The van der Waals surface area contributed by atoms with Crippen molar-refractivity contribution in [2.24, 2.45) is 0 Å². The van der Waals surface area contributed by atoms with E-state index in [1.165, 1.54) is 17.2 Å².